The van der Waals surface area contributed by atoms with Gasteiger partial charge in [0.15, 0.2) is 5.96 Å². The molecule has 0 aromatic heterocycles. The second-order valence-corrected chi connectivity index (χ2v) is 5.64. The third-order valence-electron chi connectivity index (χ3n) is 2.39. The molecule has 0 aliphatic rings. The minimum atomic E-state index is -0.472. The van der Waals surface area contributed by atoms with E-state index in [2.05, 4.69) is 34.8 Å². The van der Waals surface area contributed by atoms with Crippen LogP contribution in [-0.4, -0.2) is 43.3 Å². The molecule has 1 amide bonds. The lowest BCUT2D eigenvalue weighted by atomic mass is 10.2. The minimum absolute atomic E-state index is 0.367. The number of carbonyl (C=O) groups is 1. The number of ether oxygens (including phenoxy) is 1. The molecule has 0 aliphatic carbocycles. The van der Waals surface area contributed by atoms with E-state index in [4.69, 9.17) is 4.74 Å². The fourth-order valence-corrected chi connectivity index (χ4v) is 1.30. The molecule has 0 aromatic rings. The third kappa shape index (κ3) is 10.5. The smallest absolute Gasteiger partial charge is 0.407 e. The number of hydrogen-bond donors (Lipinski definition) is 3. The first-order chi connectivity index (χ1) is 9.28. The second kappa shape index (κ2) is 9.44. The van der Waals surface area contributed by atoms with E-state index < -0.39 is 11.7 Å². The van der Waals surface area contributed by atoms with Gasteiger partial charge in [0, 0.05) is 19.1 Å². The molecule has 0 saturated heterocycles. The lowest BCUT2D eigenvalue weighted by Gasteiger charge is -2.19. The molecule has 118 valence electrons. The van der Waals surface area contributed by atoms with Gasteiger partial charge in [-0.15, -0.1) is 0 Å². The Morgan fingerprint density at radius 3 is 2.40 bits per heavy atom. The Morgan fingerprint density at radius 2 is 1.90 bits per heavy atom. The highest BCUT2D eigenvalue weighted by Crippen LogP contribution is 2.05. The van der Waals surface area contributed by atoms with Crippen molar-refractivity contribution in [1.29, 1.82) is 0 Å². The van der Waals surface area contributed by atoms with E-state index in [1.165, 1.54) is 0 Å². The van der Waals surface area contributed by atoms with Gasteiger partial charge in [0.1, 0.15) is 5.60 Å². The van der Waals surface area contributed by atoms with Crippen LogP contribution < -0.4 is 16.0 Å². The minimum Gasteiger partial charge on any atom is -0.444 e. The molecule has 0 rings (SSSR count). The third-order valence-corrected chi connectivity index (χ3v) is 2.39. The van der Waals surface area contributed by atoms with E-state index in [9.17, 15) is 4.79 Å². The predicted octanol–water partition coefficient (Wildman–Crippen LogP) is 1.86. The van der Waals surface area contributed by atoms with Gasteiger partial charge in [0.05, 0.1) is 6.54 Å². The van der Waals surface area contributed by atoms with Gasteiger partial charge in [0.2, 0.25) is 0 Å². The lowest BCUT2D eigenvalue weighted by molar-refractivity contribution is 0.0529. The first-order valence-electron chi connectivity index (χ1n) is 7.30. The van der Waals surface area contributed by atoms with Crippen LogP contribution in [0, 0.1) is 0 Å². The van der Waals surface area contributed by atoms with Crippen molar-refractivity contribution in [2.75, 3.05) is 19.6 Å². The van der Waals surface area contributed by atoms with Crippen LogP contribution in [0.4, 0.5) is 4.79 Å². The number of carbonyl (C=O) groups excluding carboxylic acids is 1. The Labute approximate surface area is 122 Å². The average molecular weight is 286 g/mol. The number of hydrogen-bond acceptors (Lipinski definition) is 3. The Balaban J connectivity index is 4.07. The summed E-state index contributed by atoms with van der Waals surface area (Å²) < 4.78 is 5.14. The number of rotatable bonds is 6. The maximum atomic E-state index is 11.4. The van der Waals surface area contributed by atoms with Gasteiger partial charge in [0.25, 0.3) is 0 Å². The number of aliphatic imine (C=N–C) groups is 1. The molecule has 1 unspecified atom stereocenters. The number of nitrogens with zero attached hydrogens (tertiary/aromatic N) is 1. The first kappa shape index (κ1) is 18.5. The maximum Gasteiger partial charge on any atom is 0.407 e. The highest BCUT2D eigenvalue weighted by atomic mass is 16.6. The second-order valence-electron chi connectivity index (χ2n) is 5.64. The van der Waals surface area contributed by atoms with Crippen LogP contribution in [0.2, 0.25) is 0 Å². The highest BCUT2D eigenvalue weighted by molar-refractivity contribution is 5.80. The normalized spacial score (nSPS) is 13.6. The van der Waals surface area contributed by atoms with Crippen molar-refractivity contribution in [1.82, 2.24) is 16.0 Å². The molecule has 0 bridgehead atoms. The molecular formula is C14H30N4O2. The van der Waals surface area contributed by atoms with Gasteiger partial charge >= 0.3 is 6.09 Å². The Bertz CT molecular complexity index is 311. The summed E-state index contributed by atoms with van der Waals surface area (Å²) in [5.41, 5.74) is -0.472. The summed E-state index contributed by atoms with van der Waals surface area (Å²) in [5, 5.41) is 9.14. The Kier molecular flexibility index (Phi) is 8.76. The molecule has 1 atom stereocenters. The van der Waals surface area contributed by atoms with Gasteiger partial charge in [-0.05, 0) is 41.0 Å². The van der Waals surface area contributed by atoms with E-state index in [1.54, 1.807) is 0 Å². The standard InChI is InChI=1S/C14H30N4O2/c1-7-11(3)18-12(15-8-2)16-9-10-17-13(19)20-14(4,5)6/h11H,7-10H2,1-6H3,(H,17,19)(H2,15,16,18). The topological polar surface area (TPSA) is 74.8 Å². The molecule has 6 nitrogen and oxygen atoms in total. The summed E-state index contributed by atoms with van der Waals surface area (Å²) in [6, 6.07) is 0.367. The van der Waals surface area contributed by atoms with E-state index in [1.807, 2.05) is 27.7 Å². The summed E-state index contributed by atoms with van der Waals surface area (Å²) >= 11 is 0. The Hall–Kier alpha value is -1.46. The molecule has 0 aromatic carbocycles. The van der Waals surface area contributed by atoms with Crippen LogP contribution in [0.5, 0.6) is 0 Å². The quantitative estimate of drug-likeness (QED) is 0.396. The zero-order chi connectivity index (χ0) is 15.6. The molecule has 20 heavy (non-hydrogen) atoms. The van der Waals surface area contributed by atoms with Crippen molar-refractivity contribution in [3.8, 4) is 0 Å². The lowest BCUT2D eigenvalue weighted by Crippen LogP contribution is -2.42. The van der Waals surface area contributed by atoms with Gasteiger partial charge in [-0.1, -0.05) is 6.92 Å². The fraction of sp³-hybridized carbons (Fsp3) is 0.857. The molecule has 0 saturated carbocycles. The van der Waals surface area contributed by atoms with E-state index in [0.29, 0.717) is 19.1 Å². The predicted molar refractivity (Wildman–Crippen MR) is 83.1 cm³/mol. The van der Waals surface area contributed by atoms with Crippen molar-refractivity contribution in [2.24, 2.45) is 4.99 Å². The van der Waals surface area contributed by atoms with Crippen LogP contribution >= 0.6 is 0 Å². The van der Waals surface area contributed by atoms with Gasteiger partial charge < -0.3 is 20.7 Å². The fourth-order valence-electron chi connectivity index (χ4n) is 1.30. The number of guanidine groups is 1. The van der Waals surface area contributed by atoms with Crippen LogP contribution in [-0.2, 0) is 4.74 Å². The van der Waals surface area contributed by atoms with Crippen molar-refractivity contribution in [3.63, 3.8) is 0 Å². The molecule has 0 aliphatic heterocycles. The van der Waals surface area contributed by atoms with E-state index in [-0.39, 0.29) is 0 Å². The molecular weight excluding hydrogens is 256 g/mol. The summed E-state index contributed by atoms with van der Waals surface area (Å²) in [7, 11) is 0. The van der Waals surface area contributed by atoms with Crippen LogP contribution in [0.15, 0.2) is 4.99 Å². The average Bonchev–Trinajstić information content (AvgIpc) is 2.32. The van der Waals surface area contributed by atoms with Gasteiger partial charge in [-0.2, -0.15) is 0 Å². The van der Waals surface area contributed by atoms with Gasteiger partial charge in [-0.3, -0.25) is 4.99 Å². The Morgan fingerprint density at radius 1 is 1.25 bits per heavy atom. The zero-order valence-electron chi connectivity index (χ0n) is 13.7. The molecule has 3 N–H and O–H groups in total. The largest absolute Gasteiger partial charge is 0.444 e. The summed E-state index contributed by atoms with van der Waals surface area (Å²) in [5.74, 6) is 0.771. The summed E-state index contributed by atoms with van der Waals surface area (Å²) in [4.78, 5) is 15.8. The molecule has 6 heteroatoms. The van der Waals surface area contributed by atoms with E-state index in [0.717, 1.165) is 18.9 Å². The maximum absolute atomic E-state index is 11.4. The zero-order valence-corrected chi connectivity index (χ0v) is 13.7. The van der Waals surface area contributed by atoms with Gasteiger partial charge in [-0.25, -0.2) is 4.79 Å². The van der Waals surface area contributed by atoms with E-state index >= 15 is 0 Å². The van der Waals surface area contributed by atoms with Crippen molar-refractivity contribution >= 4 is 12.1 Å². The SMILES string of the molecule is CCNC(=NCCNC(=O)OC(C)(C)C)NC(C)CC. The molecule has 0 spiro atoms. The van der Waals surface area contributed by atoms with Crippen molar-refractivity contribution in [3.05, 3.63) is 0 Å². The summed E-state index contributed by atoms with van der Waals surface area (Å²) in [6.07, 6.45) is 0.619. The molecule has 0 radical (unpaired) electrons. The monoisotopic (exact) mass is 286 g/mol. The van der Waals surface area contributed by atoms with Crippen molar-refractivity contribution < 1.29 is 9.53 Å². The van der Waals surface area contributed by atoms with Crippen LogP contribution in [0.1, 0.15) is 48.0 Å². The molecule has 0 heterocycles. The van der Waals surface area contributed by atoms with Crippen molar-refractivity contribution in [2.45, 2.75) is 59.6 Å². The molecule has 0 fully saturated rings. The first-order valence-corrected chi connectivity index (χ1v) is 7.30. The van der Waals surface area contributed by atoms with Crippen LogP contribution in [0.25, 0.3) is 0 Å². The van der Waals surface area contributed by atoms with Crippen LogP contribution in [0.3, 0.4) is 0 Å². The number of nitrogens with one attached hydrogen (secondary N) is 3. The summed E-state index contributed by atoms with van der Waals surface area (Å²) in [6.45, 7) is 13.5. The highest BCUT2D eigenvalue weighted by Gasteiger charge is 2.15. The number of amides is 1. The number of alkyl carbamates (subject to hydrolysis) is 1.